The molecule has 4 N–H and O–H groups in total. The van der Waals surface area contributed by atoms with Crippen LogP contribution in [0.15, 0.2) is 29.2 Å². The van der Waals surface area contributed by atoms with Crippen molar-refractivity contribution < 1.29 is 8.42 Å². The van der Waals surface area contributed by atoms with E-state index < -0.39 is 10.0 Å². The molecule has 0 amide bonds. The maximum Gasteiger partial charge on any atom is 0.240 e. The summed E-state index contributed by atoms with van der Waals surface area (Å²) in [7, 11) is -3.33. The van der Waals surface area contributed by atoms with Crippen molar-refractivity contribution >= 4 is 15.7 Å². The molecule has 0 fully saturated rings. The minimum atomic E-state index is -3.33. The molecule has 5 nitrogen and oxygen atoms in total. The van der Waals surface area contributed by atoms with Crippen molar-refractivity contribution in [2.45, 2.75) is 25.7 Å². The molecule has 0 aliphatic heterocycles. The Balaban J connectivity index is 0.000000494. The Labute approximate surface area is 110 Å². The lowest BCUT2D eigenvalue weighted by Crippen LogP contribution is -2.22. The highest BCUT2D eigenvalue weighted by Gasteiger charge is 2.10. The molecule has 0 saturated heterocycles. The molecule has 0 aliphatic carbocycles. The summed E-state index contributed by atoms with van der Waals surface area (Å²) in [5, 5.41) is 3.11. The van der Waals surface area contributed by atoms with Crippen LogP contribution in [0.25, 0.3) is 0 Å². The third-order valence-electron chi connectivity index (χ3n) is 2.02. The fourth-order valence-electron chi connectivity index (χ4n) is 1.17. The van der Waals surface area contributed by atoms with Crippen molar-refractivity contribution in [3.8, 4) is 0 Å². The van der Waals surface area contributed by atoms with Crippen molar-refractivity contribution in [2.24, 2.45) is 0 Å². The zero-order valence-corrected chi connectivity index (χ0v) is 12.0. The lowest BCUT2D eigenvalue weighted by atomic mass is 10.3. The zero-order valence-electron chi connectivity index (χ0n) is 11.2. The van der Waals surface area contributed by atoms with Gasteiger partial charge < -0.3 is 11.1 Å². The molecular weight excluding hydrogens is 250 g/mol. The lowest BCUT2D eigenvalue weighted by Gasteiger charge is -2.03. The van der Waals surface area contributed by atoms with Crippen LogP contribution in [0.3, 0.4) is 0 Å². The number of hydrogen-bond acceptors (Lipinski definition) is 4. The lowest BCUT2D eigenvalue weighted by molar-refractivity contribution is 0.584. The summed E-state index contributed by atoms with van der Waals surface area (Å²) in [5.41, 5.74) is 5.98. The van der Waals surface area contributed by atoms with Crippen LogP contribution >= 0.6 is 0 Å². The van der Waals surface area contributed by atoms with Gasteiger partial charge in [0.15, 0.2) is 0 Å². The zero-order chi connectivity index (χ0) is 14.0. The number of benzene rings is 1. The van der Waals surface area contributed by atoms with Gasteiger partial charge in [-0.3, -0.25) is 0 Å². The van der Waals surface area contributed by atoms with Crippen molar-refractivity contribution in [1.82, 2.24) is 10.0 Å². The maximum atomic E-state index is 11.4. The number of sulfonamides is 1. The standard InChI is InChI=1S/C8H12N2O2S.C4H11N/c1-2-10-13(11,12)8-5-3-7(9)4-6-8;1-3-5-4-2/h3-6,10H,2,9H2,1H3;5H,3-4H2,1-2H3. The summed E-state index contributed by atoms with van der Waals surface area (Å²) in [6.45, 7) is 8.50. The maximum absolute atomic E-state index is 11.4. The summed E-state index contributed by atoms with van der Waals surface area (Å²) in [6, 6.07) is 6.08. The number of nitrogen functional groups attached to an aromatic ring is 1. The minimum absolute atomic E-state index is 0.239. The van der Waals surface area contributed by atoms with Crippen LogP contribution in [-0.2, 0) is 10.0 Å². The van der Waals surface area contributed by atoms with E-state index >= 15 is 0 Å². The first-order valence-electron chi connectivity index (χ1n) is 6.03. The van der Waals surface area contributed by atoms with Gasteiger partial charge in [-0.05, 0) is 37.4 Å². The quantitative estimate of drug-likeness (QED) is 0.703. The summed E-state index contributed by atoms with van der Waals surface area (Å²) >= 11 is 0. The van der Waals surface area contributed by atoms with Crippen molar-refractivity contribution in [3.63, 3.8) is 0 Å². The van der Waals surface area contributed by atoms with Gasteiger partial charge >= 0.3 is 0 Å². The van der Waals surface area contributed by atoms with E-state index in [0.717, 1.165) is 13.1 Å². The van der Waals surface area contributed by atoms with Crippen LogP contribution < -0.4 is 15.8 Å². The highest BCUT2D eigenvalue weighted by molar-refractivity contribution is 7.89. The summed E-state index contributed by atoms with van der Waals surface area (Å²) < 4.78 is 25.2. The third kappa shape index (κ3) is 6.58. The molecule has 0 bridgehead atoms. The predicted octanol–water partition coefficient (Wildman–Crippen LogP) is 1.18. The Morgan fingerprint density at radius 3 is 1.83 bits per heavy atom. The van der Waals surface area contributed by atoms with Gasteiger partial charge in [-0.1, -0.05) is 20.8 Å². The van der Waals surface area contributed by atoms with E-state index in [9.17, 15) is 8.42 Å². The van der Waals surface area contributed by atoms with E-state index in [2.05, 4.69) is 23.9 Å². The molecule has 0 unspecified atom stereocenters. The SMILES string of the molecule is CCNCC.CCNS(=O)(=O)c1ccc(N)cc1. The highest BCUT2D eigenvalue weighted by Crippen LogP contribution is 2.10. The molecule has 0 aliphatic rings. The Morgan fingerprint density at radius 1 is 1.00 bits per heavy atom. The van der Waals surface area contributed by atoms with Gasteiger partial charge in [0.25, 0.3) is 0 Å². The first-order chi connectivity index (χ1) is 8.47. The van der Waals surface area contributed by atoms with Gasteiger partial charge in [0.05, 0.1) is 4.90 Å². The predicted molar refractivity (Wildman–Crippen MR) is 75.9 cm³/mol. The van der Waals surface area contributed by atoms with Gasteiger partial charge in [0.2, 0.25) is 10.0 Å². The van der Waals surface area contributed by atoms with E-state index in [0.29, 0.717) is 12.2 Å². The Hall–Kier alpha value is -1.11. The first kappa shape index (κ1) is 16.9. The average molecular weight is 273 g/mol. The molecule has 1 rings (SSSR count). The van der Waals surface area contributed by atoms with Gasteiger partial charge in [0.1, 0.15) is 0 Å². The molecule has 0 atom stereocenters. The number of nitrogens with one attached hydrogen (secondary N) is 2. The second kappa shape index (κ2) is 8.91. The van der Waals surface area contributed by atoms with Crippen molar-refractivity contribution in [3.05, 3.63) is 24.3 Å². The van der Waals surface area contributed by atoms with E-state index in [-0.39, 0.29) is 4.90 Å². The monoisotopic (exact) mass is 273 g/mol. The van der Waals surface area contributed by atoms with Gasteiger partial charge in [-0.25, -0.2) is 13.1 Å². The molecule has 1 aromatic carbocycles. The van der Waals surface area contributed by atoms with Crippen LogP contribution in [0.5, 0.6) is 0 Å². The van der Waals surface area contributed by atoms with Crippen LogP contribution in [0.1, 0.15) is 20.8 Å². The molecule has 1 aromatic rings. The molecule has 104 valence electrons. The summed E-state index contributed by atoms with van der Waals surface area (Å²) in [4.78, 5) is 0.239. The third-order valence-corrected chi connectivity index (χ3v) is 3.59. The number of hydrogen-bond donors (Lipinski definition) is 3. The Bertz CT molecular complexity index is 413. The number of nitrogens with two attached hydrogens (primary N) is 1. The fourth-order valence-corrected chi connectivity index (χ4v) is 2.21. The minimum Gasteiger partial charge on any atom is -0.399 e. The fraction of sp³-hybridized carbons (Fsp3) is 0.500. The molecule has 0 saturated carbocycles. The molecule has 6 heteroatoms. The van der Waals surface area contributed by atoms with E-state index in [4.69, 9.17) is 5.73 Å². The van der Waals surface area contributed by atoms with Crippen molar-refractivity contribution in [2.75, 3.05) is 25.4 Å². The Morgan fingerprint density at radius 2 is 1.50 bits per heavy atom. The second-order valence-electron chi connectivity index (χ2n) is 3.53. The molecule has 0 radical (unpaired) electrons. The smallest absolute Gasteiger partial charge is 0.240 e. The van der Waals surface area contributed by atoms with Crippen LogP contribution in [0.2, 0.25) is 0 Å². The number of anilines is 1. The molecule has 0 aromatic heterocycles. The van der Waals surface area contributed by atoms with Crippen LogP contribution in [0.4, 0.5) is 5.69 Å². The largest absolute Gasteiger partial charge is 0.399 e. The second-order valence-corrected chi connectivity index (χ2v) is 5.29. The first-order valence-corrected chi connectivity index (χ1v) is 7.52. The van der Waals surface area contributed by atoms with E-state index in [1.165, 1.54) is 12.1 Å². The Kier molecular flexibility index (Phi) is 8.36. The highest BCUT2D eigenvalue weighted by atomic mass is 32.2. The van der Waals surface area contributed by atoms with Gasteiger partial charge in [-0.15, -0.1) is 0 Å². The van der Waals surface area contributed by atoms with Gasteiger partial charge in [-0.2, -0.15) is 0 Å². The average Bonchev–Trinajstić information content (AvgIpc) is 2.31. The summed E-state index contributed by atoms with van der Waals surface area (Å²) in [6.07, 6.45) is 0. The van der Waals surface area contributed by atoms with E-state index in [1.807, 2.05) is 0 Å². The van der Waals surface area contributed by atoms with Gasteiger partial charge in [0, 0.05) is 12.2 Å². The normalized spacial score (nSPS) is 10.6. The van der Waals surface area contributed by atoms with Crippen LogP contribution in [-0.4, -0.2) is 28.1 Å². The molecule has 18 heavy (non-hydrogen) atoms. The molecular formula is C12H23N3O2S. The van der Waals surface area contributed by atoms with Crippen molar-refractivity contribution in [1.29, 1.82) is 0 Å². The van der Waals surface area contributed by atoms with E-state index in [1.54, 1.807) is 19.1 Å². The summed E-state index contributed by atoms with van der Waals surface area (Å²) in [5.74, 6) is 0. The topological polar surface area (TPSA) is 84.2 Å². The number of rotatable bonds is 5. The van der Waals surface area contributed by atoms with Crippen LogP contribution in [0, 0.1) is 0 Å². The molecule has 0 spiro atoms. The molecule has 0 heterocycles.